The van der Waals surface area contributed by atoms with Crippen molar-refractivity contribution in [1.82, 2.24) is 34.8 Å². The second-order valence-electron chi connectivity index (χ2n) is 6.90. The zero-order valence-corrected chi connectivity index (χ0v) is 16.7. The summed E-state index contributed by atoms with van der Waals surface area (Å²) in [6.07, 6.45) is 1.72. The molecular formula is C20H21N7O2. The maximum atomic E-state index is 12.3. The van der Waals surface area contributed by atoms with Crippen LogP contribution in [0.15, 0.2) is 47.4 Å². The van der Waals surface area contributed by atoms with Crippen molar-refractivity contribution in [3.05, 3.63) is 75.5 Å². The van der Waals surface area contributed by atoms with E-state index in [0.29, 0.717) is 12.3 Å². The molecule has 2 aromatic carbocycles. The van der Waals surface area contributed by atoms with Gasteiger partial charge in [-0.25, -0.2) is 9.48 Å². The van der Waals surface area contributed by atoms with E-state index in [1.807, 2.05) is 57.2 Å². The number of rotatable bonds is 5. The van der Waals surface area contributed by atoms with Crippen LogP contribution in [0.4, 0.5) is 0 Å². The number of tetrazole rings is 1. The highest BCUT2D eigenvalue weighted by atomic mass is 16.5. The quantitative estimate of drug-likeness (QED) is 0.517. The Morgan fingerprint density at radius 3 is 2.45 bits per heavy atom. The summed E-state index contributed by atoms with van der Waals surface area (Å²) in [5.74, 6) is 0.757. The smallest absolute Gasteiger partial charge is 0.368 e. The number of nitrogens with zero attached hydrogens (tertiary/aromatic N) is 7. The minimum absolute atomic E-state index is 0.299. The van der Waals surface area contributed by atoms with E-state index in [1.54, 1.807) is 17.9 Å². The summed E-state index contributed by atoms with van der Waals surface area (Å²) in [7, 11) is 1.57. The molecule has 0 atom stereocenters. The third kappa shape index (κ3) is 3.42. The number of aromatic nitrogens is 7. The fraction of sp³-hybridized carbons (Fsp3) is 0.250. The molecule has 0 spiro atoms. The molecule has 9 heteroatoms. The molecule has 9 nitrogen and oxygen atoms in total. The predicted molar refractivity (Wildman–Crippen MR) is 107 cm³/mol. The van der Waals surface area contributed by atoms with E-state index in [4.69, 9.17) is 4.74 Å². The molecule has 0 aliphatic heterocycles. The highest BCUT2D eigenvalue weighted by molar-refractivity contribution is 5.46. The molecule has 4 aromatic rings. The van der Waals surface area contributed by atoms with Crippen LogP contribution in [-0.2, 0) is 13.7 Å². The minimum atomic E-state index is -0.305. The van der Waals surface area contributed by atoms with Gasteiger partial charge in [0.15, 0.2) is 0 Å². The highest BCUT2D eigenvalue weighted by Crippen LogP contribution is 2.24. The first-order valence-corrected chi connectivity index (χ1v) is 9.14. The average molecular weight is 391 g/mol. The Hall–Kier alpha value is -3.75. The Bertz CT molecular complexity index is 1240. The molecule has 148 valence electrons. The molecule has 0 fully saturated rings. The lowest BCUT2D eigenvalue weighted by atomic mass is 10.1. The first-order chi connectivity index (χ1) is 14.0. The van der Waals surface area contributed by atoms with Crippen molar-refractivity contribution in [2.45, 2.75) is 27.4 Å². The molecule has 0 radical (unpaired) electrons. The van der Waals surface area contributed by atoms with Crippen molar-refractivity contribution < 1.29 is 4.74 Å². The molecule has 0 aliphatic rings. The van der Waals surface area contributed by atoms with E-state index in [0.717, 1.165) is 33.8 Å². The van der Waals surface area contributed by atoms with Gasteiger partial charge >= 0.3 is 5.69 Å². The zero-order chi connectivity index (χ0) is 20.5. The standard InChI is InChI=1S/C20H21N7O2/c1-13-6-5-7-18(27-20(28)25(4)23-24-27)17(13)12-29-19-9-8-16(10-14(19)2)26-15(3)11-21-22-26/h5-11H,12H2,1-4H3. The Morgan fingerprint density at radius 1 is 0.966 bits per heavy atom. The molecule has 0 saturated heterocycles. The van der Waals surface area contributed by atoms with Gasteiger partial charge < -0.3 is 4.74 Å². The Kier molecular flexibility index (Phi) is 4.71. The van der Waals surface area contributed by atoms with E-state index in [1.165, 1.54) is 9.36 Å². The van der Waals surface area contributed by atoms with Crippen LogP contribution in [0.2, 0.25) is 0 Å². The fourth-order valence-corrected chi connectivity index (χ4v) is 3.16. The van der Waals surface area contributed by atoms with E-state index >= 15 is 0 Å². The molecule has 0 bridgehead atoms. The predicted octanol–water partition coefficient (Wildman–Crippen LogP) is 2.05. The third-order valence-electron chi connectivity index (χ3n) is 4.83. The molecule has 4 rings (SSSR count). The number of ether oxygens (including phenoxy) is 1. The molecule has 29 heavy (non-hydrogen) atoms. The summed E-state index contributed by atoms with van der Waals surface area (Å²) < 4.78 is 10.4. The molecular weight excluding hydrogens is 370 g/mol. The van der Waals surface area contributed by atoms with Crippen LogP contribution in [0.3, 0.4) is 0 Å². The normalized spacial score (nSPS) is 11.0. The molecule has 0 unspecified atom stereocenters. The summed E-state index contributed by atoms with van der Waals surface area (Å²) in [4.78, 5) is 12.3. The summed E-state index contributed by atoms with van der Waals surface area (Å²) in [6.45, 7) is 6.21. The molecule has 0 amide bonds. The number of benzene rings is 2. The van der Waals surface area contributed by atoms with Gasteiger partial charge in [0.25, 0.3) is 0 Å². The van der Waals surface area contributed by atoms with Gasteiger partial charge in [-0.1, -0.05) is 17.3 Å². The van der Waals surface area contributed by atoms with E-state index in [-0.39, 0.29) is 5.69 Å². The van der Waals surface area contributed by atoms with Gasteiger partial charge in [0, 0.05) is 12.6 Å². The van der Waals surface area contributed by atoms with E-state index in [9.17, 15) is 4.79 Å². The van der Waals surface area contributed by atoms with Gasteiger partial charge in [-0.05, 0) is 66.6 Å². The minimum Gasteiger partial charge on any atom is -0.489 e. The summed E-state index contributed by atoms with van der Waals surface area (Å²) in [6, 6.07) is 11.6. The molecule has 2 aromatic heterocycles. The van der Waals surface area contributed by atoms with Crippen molar-refractivity contribution in [3.8, 4) is 17.1 Å². The van der Waals surface area contributed by atoms with Gasteiger partial charge in [0.1, 0.15) is 12.4 Å². The Labute approximate surface area is 167 Å². The fourth-order valence-electron chi connectivity index (χ4n) is 3.16. The van der Waals surface area contributed by atoms with Crippen LogP contribution in [0.25, 0.3) is 11.4 Å². The maximum absolute atomic E-state index is 12.3. The maximum Gasteiger partial charge on any atom is 0.368 e. The summed E-state index contributed by atoms with van der Waals surface area (Å²) in [5.41, 5.74) is 5.10. The summed E-state index contributed by atoms with van der Waals surface area (Å²) in [5, 5.41) is 15.8. The van der Waals surface area contributed by atoms with Crippen LogP contribution in [-0.4, -0.2) is 34.8 Å². The first kappa shape index (κ1) is 18.6. The Morgan fingerprint density at radius 2 is 1.79 bits per heavy atom. The van der Waals surface area contributed by atoms with Gasteiger partial charge in [-0.3, -0.25) is 0 Å². The SMILES string of the molecule is Cc1cc(-n2nncc2C)ccc1OCc1c(C)cccc1-n1nnn(C)c1=O. The van der Waals surface area contributed by atoms with Crippen molar-refractivity contribution in [1.29, 1.82) is 0 Å². The van der Waals surface area contributed by atoms with Crippen molar-refractivity contribution in [2.24, 2.45) is 7.05 Å². The Balaban J connectivity index is 1.62. The number of aryl methyl sites for hydroxylation is 4. The van der Waals surface area contributed by atoms with Crippen LogP contribution >= 0.6 is 0 Å². The van der Waals surface area contributed by atoms with Crippen molar-refractivity contribution in [3.63, 3.8) is 0 Å². The van der Waals surface area contributed by atoms with E-state index < -0.39 is 0 Å². The van der Waals surface area contributed by atoms with Crippen molar-refractivity contribution in [2.75, 3.05) is 0 Å². The highest BCUT2D eigenvalue weighted by Gasteiger charge is 2.14. The second kappa shape index (κ2) is 7.34. The third-order valence-corrected chi connectivity index (χ3v) is 4.83. The van der Waals surface area contributed by atoms with Crippen LogP contribution in [0.5, 0.6) is 5.75 Å². The summed E-state index contributed by atoms with van der Waals surface area (Å²) >= 11 is 0. The molecule has 0 aliphatic carbocycles. The lowest BCUT2D eigenvalue weighted by Gasteiger charge is -2.15. The second-order valence-corrected chi connectivity index (χ2v) is 6.90. The first-order valence-electron chi connectivity index (χ1n) is 9.14. The molecule has 2 heterocycles. The van der Waals surface area contributed by atoms with Gasteiger partial charge in [0.05, 0.1) is 23.3 Å². The van der Waals surface area contributed by atoms with Crippen LogP contribution in [0, 0.1) is 20.8 Å². The molecule has 0 N–H and O–H groups in total. The monoisotopic (exact) mass is 391 g/mol. The number of hydrogen-bond donors (Lipinski definition) is 0. The lowest BCUT2D eigenvalue weighted by molar-refractivity contribution is 0.302. The van der Waals surface area contributed by atoms with E-state index in [2.05, 4.69) is 20.7 Å². The molecule has 0 saturated carbocycles. The van der Waals surface area contributed by atoms with Gasteiger partial charge in [-0.2, -0.15) is 9.36 Å². The zero-order valence-electron chi connectivity index (χ0n) is 16.7. The number of hydrogen-bond acceptors (Lipinski definition) is 6. The van der Waals surface area contributed by atoms with Crippen LogP contribution in [0.1, 0.15) is 22.4 Å². The van der Waals surface area contributed by atoms with Gasteiger partial charge in [0.2, 0.25) is 0 Å². The van der Waals surface area contributed by atoms with Gasteiger partial charge in [-0.15, -0.1) is 5.10 Å². The average Bonchev–Trinajstić information content (AvgIpc) is 3.27. The largest absolute Gasteiger partial charge is 0.489 e. The van der Waals surface area contributed by atoms with Crippen molar-refractivity contribution >= 4 is 0 Å². The topological polar surface area (TPSA) is 92.7 Å². The lowest BCUT2D eigenvalue weighted by Crippen LogP contribution is -2.23. The van der Waals surface area contributed by atoms with Crippen LogP contribution < -0.4 is 10.4 Å².